The Bertz CT molecular complexity index is 1060. The molecule has 0 fully saturated rings. The van der Waals surface area contributed by atoms with Gasteiger partial charge in [-0.1, -0.05) is 18.2 Å². The maximum atomic E-state index is 12.4. The van der Waals surface area contributed by atoms with Crippen molar-refractivity contribution >= 4 is 11.6 Å². The van der Waals surface area contributed by atoms with Crippen LogP contribution in [0.4, 0.5) is 5.69 Å². The highest BCUT2D eigenvalue weighted by molar-refractivity contribution is 5.92. The molecule has 1 aromatic carbocycles. The van der Waals surface area contributed by atoms with E-state index in [2.05, 4.69) is 15.4 Å². The highest BCUT2D eigenvalue weighted by Gasteiger charge is 2.20. The topological polar surface area (TPSA) is 120 Å². The minimum Gasteiger partial charge on any atom is -0.346 e. The fourth-order valence-electron chi connectivity index (χ4n) is 2.51. The molecular formula is C18H15N5O4. The summed E-state index contributed by atoms with van der Waals surface area (Å²) in [4.78, 5) is 39.3. The summed E-state index contributed by atoms with van der Waals surface area (Å²) in [6.45, 7) is 1.76. The lowest BCUT2D eigenvalue weighted by molar-refractivity contribution is -0.384. The Morgan fingerprint density at radius 1 is 1.26 bits per heavy atom. The maximum Gasteiger partial charge on any atom is 0.294 e. The van der Waals surface area contributed by atoms with Crippen molar-refractivity contribution in [2.75, 3.05) is 0 Å². The zero-order chi connectivity index (χ0) is 19.4. The Kier molecular flexibility index (Phi) is 5.02. The standard InChI is InChI=1S/C18H15N5O4/c1-12-9-16(24)17(18(25)20-11-13-5-4-8-19-10-13)21-22(12)14-6-2-3-7-15(14)23(26)27/h2-10H,11H2,1H3,(H,20,25). The molecule has 0 aliphatic rings. The lowest BCUT2D eigenvalue weighted by Crippen LogP contribution is -2.31. The van der Waals surface area contributed by atoms with E-state index >= 15 is 0 Å². The summed E-state index contributed by atoms with van der Waals surface area (Å²) in [7, 11) is 0. The van der Waals surface area contributed by atoms with E-state index in [1.165, 1.54) is 28.9 Å². The number of aryl methyl sites for hydroxylation is 1. The van der Waals surface area contributed by atoms with Crippen molar-refractivity contribution in [3.63, 3.8) is 0 Å². The van der Waals surface area contributed by atoms with Gasteiger partial charge in [0.2, 0.25) is 5.43 Å². The number of carbonyl (C=O) groups excluding carboxylic acids is 1. The molecule has 0 spiro atoms. The van der Waals surface area contributed by atoms with Crippen molar-refractivity contribution in [1.29, 1.82) is 0 Å². The van der Waals surface area contributed by atoms with Gasteiger partial charge in [0.15, 0.2) is 5.69 Å². The smallest absolute Gasteiger partial charge is 0.294 e. The first-order valence-corrected chi connectivity index (χ1v) is 7.99. The van der Waals surface area contributed by atoms with Crippen molar-refractivity contribution in [2.45, 2.75) is 13.5 Å². The molecule has 9 heteroatoms. The molecule has 2 heterocycles. The molecule has 0 unspecified atom stereocenters. The zero-order valence-corrected chi connectivity index (χ0v) is 14.3. The van der Waals surface area contributed by atoms with Gasteiger partial charge < -0.3 is 5.32 Å². The molecule has 1 amide bonds. The van der Waals surface area contributed by atoms with Crippen LogP contribution in [-0.4, -0.2) is 25.6 Å². The highest BCUT2D eigenvalue weighted by atomic mass is 16.6. The van der Waals surface area contributed by atoms with Crippen LogP contribution in [0, 0.1) is 17.0 Å². The van der Waals surface area contributed by atoms with Crippen molar-refractivity contribution in [3.05, 3.63) is 92.1 Å². The SMILES string of the molecule is Cc1cc(=O)c(C(=O)NCc2cccnc2)nn1-c1ccccc1[N+](=O)[O-]. The molecule has 0 saturated heterocycles. The molecule has 9 nitrogen and oxygen atoms in total. The van der Waals surface area contributed by atoms with Crippen LogP contribution in [0.5, 0.6) is 0 Å². The Labute approximate surface area is 153 Å². The van der Waals surface area contributed by atoms with Crippen LogP contribution in [0.1, 0.15) is 21.7 Å². The highest BCUT2D eigenvalue weighted by Crippen LogP contribution is 2.22. The molecule has 0 aliphatic heterocycles. The van der Waals surface area contributed by atoms with Crippen LogP contribution < -0.4 is 10.7 Å². The number of aromatic nitrogens is 3. The molecule has 0 aliphatic carbocycles. The van der Waals surface area contributed by atoms with E-state index < -0.39 is 16.3 Å². The van der Waals surface area contributed by atoms with Crippen LogP contribution in [0.3, 0.4) is 0 Å². The number of benzene rings is 1. The van der Waals surface area contributed by atoms with Gasteiger partial charge in [0, 0.05) is 36.8 Å². The monoisotopic (exact) mass is 365 g/mol. The summed E-state index contributed by atoms with van der Waals surface area (Å²) in [6.07, 6.45) is 3.20. The summed E-state index contributed by atoms with van der Waals surface area (Å²) in [5, 5.41) is 17.9. The van der Waals surface area contributed by atoms with Gasteiger partial charge in [-0.05, 0) is 24.6 Å². The van der Waals surface area contributed by atoms with Gasteiger partial charge >= 0.3 is 0 Å². The van der Waals surface area contributed by atoms with Crippen LogP contribution in [0.15, 0.2) is 59.7 Å². The van der Waals surface area contributed by atoms with E-state index in [1.54, 1.807) is 37.5 Å². The molecule has 0 saturated carbocycles. The van der Waals surface area contributed by atoms with E-state index in [9.17, 15) is 19.7 Å². The fraction of sp³-hybridized carbons (Fsp3) is 0.111. The maximum absolute atomic E-state index is 12.4. The number of hydrogen-bond donors (Lipinski definition) is 1. The number of pyridine rings is 1. The van der Waals surface area contributed by atoms with E-state index in [-0.39, 0.29) is 23.6 Å². The molecule has 0 atom stereocenters. The summed E-state index contributed by atoms with van der Waals surface area (Å²) in [6, 6.07) is 10.7. The first-order valence-electron chi connectivity index (χ1n) is 7.99. The third-order valence-corrected chi connectivity index (χ3v) is 3.81. The van der Waals surface area contributed by atoms with Gasteiger partial charge in [0.1, 0.15) is 5.69 Å². The largest absolute Gasteiger partial charge is 0.346 e. The van der Waals surface area contributed by atoms with Crippen LogP contribution in [0.25, 0.3) is 5.69 Å². The number of nitro benzene ring substituents is 1. The summed E-state index contributed by atoms with van der Waals surface area (Å²) >= 11 is 0. The number of nitrogens with zero attached hydrogens (tertiary/aromatic N) is 4. The Hall–Kier alpha value is -3.88. The van der Waals surface area contributed by atoms with Gasteiger partial charge in [0.05, 0.1) is 4.92 Å². The number of carbonyl (C=O) groups is 1. The lowest BCUT2D eigenvalue weighted by atomic mass is 10.2. The normalized spacial score (nSPS) is 10.4. The molecule has 1 N–H and O–H groups in total. The van der Waals surface area contributed by atoms with E-state index in [4.69, 9.17) is 0 Å². The molecule has 3 rings (SSSR count). The predicted octanol–water partition coefficient (Wildman–Crippen LogP) is 1.77. The van der Waals surface area contributed by atoms with Crippen LogP contribution >= 0.6 is 0 Å². The van der Waals surface area contributed by atoms with E-state index in [1.807, 2.05) is 0 Å². The summed E-state index contributed by atoms with van der Waals surface area (Å²) < 4.78 is 1.22. The lowest BCUT2D eigenvalue weighted by Gasteiger charge is -2.11. The predicted molar refractivity (Wildman–Crippen MR) is 96.6 cm³/mol. The summed E-state index contributed by atoms with van der Waals surface area (Å²) in [5.74, 6) is -0.670. The molecule has 136 valence electrons. The molecule has 3 aromatic rings. The number of hydrogen-bond acceptors (Lipinski definition) is 6. The molecule has 0 radical (unpaired) electrons. The van der Waals surface area contributed by atoms with Gasteiger partial charge in [0.25, 0.3) is 11.6 Å². The average molecular weight is 365 g/mol. The second kappa shape index (κ2) is 7.56. The van der Waals surface area contributed by atoms with Gasteiger partial charge in [-0.3, -0.25) is 24.7 Å². The van der Waals surface area contributed by atoms with Crippen LogP contribution in [0.2, 0.25) is 0 Å². The number of nitrogens with one attached hydrogen (secondary N) is 1. The van der Waals surface area contributed by atoms with E-state index in [0.29, 0.717) is 5.69 Å². The van der Waals surface area contributed by atoms with Crippen molar-refractivity contribution in [1.82, 2.24) is 20.1 Å². The van der Waals surface area contributed by atoms with Gasteiger partial charge in [-0.25, -0.2) is 4.68 Å². The van der Waals surface area contributed by atoms with Crippen LogP contribution in [-0.2, 0) is 6.54 Å². The number of amides is 1. The molecular weight excluding hydrogens is 350 g/mol. The third-order valence-electron chi connectivity index (χ3n) is 3.81. The fourth-order valence-corrected chi connectivity index (χ4v) is 2.51. The van der Waals surface area contributed by atoms with E-state index in [0.717, 1.165) is 5.56 Å². The van der Waals surface area contributed by atoms with Crippen molar-refractivity contribution in [2.24, 2.45) is 0 Å². The first kappa shape index (κ1) is 17.9. The zero-order valence-electron chi connectivity index (χ0n) is 14.3. The van der Waals surface area contributed by atoms with Gasteiger partial charge in [-0.15, -0.1) is 0 Å². The van der Waals surface area contributed by atoms with Crippen molar-refractivity contribution in [3.8, 4) is 5.69 Å². The second-order valence-electron chi connectivity index (χ2n) is 5.70. The molecule has 2 aromatic heterocycles. The quantitative estimate of drug-likeness (QED) is 0.543. The Morgan fingerprint density at radius 2 is 2.04 bits per heavy atom. The first-order chi connectivity index (χ1) is 13.0. The number of rotatable bonds is 5. The second-order valence-corrected chi connectivity index (χ2v) is 5.70. The third kappa shape index (κ3) is 3.87. The molecule has 0 bridgehead atoms. The Morgan fingerprint density at radius 3 is 2.74 bits per heavy atom. The average Bonchev–Trinajstić information content (AvgIpc) is 2.67. The van der Waals surface area contributed by atoms with Crippen molar-refractivity contribution < 1.29 is 9.72 Å². The van der Waals surface area contributed by atoms with Gasteiger partial charge in [-0.2, -0.15) is 5.10 Å². The minimum atomic E-state index is -0.670. The molecule has 27 heavy (non-hydrogen) atoms. The number of nitro groups is 1. The minimum absolute atomic E-state index is 0.168. The Balaban J connectivity index is 1.96. The number of para-hydroxylation sites is 2. The summed E-state index contributed by atoms with van der Waals surface area (Å²) in [5.41, 5.74) is 0.212.